The van der Waals surface area contributed by atoms with Crippen molar-refractivity contribution in [2.24, 2.45) is 0 Å². The van der Waals surface area contributed by atoms with Crippen LogP contribution in [0.4, 0.5) is 5.69 Å². The molecule has 2 atom stereocenters. The molecule has 0 amide bonds. The van der Waals surface area contributed by atoms with Crippen molar-refractivity contribution >= 4 is 11.7 Å². The smallest absolute Gasteiger partial charge is 0.308 e. The molecule has 19 heavy (non-hydrogen) atoms. The van der Waals surface area contributed by atoms with Gasteiger partial charge in [-0.05, 0) is 24.6 Å². The Morgan fingerprint density at radius 2 is 1.84 bits per heavy atom. The van der Waals surface area contributed by atoms with Crippen LogP contribution in [0.25, 0.3) is 0 Å². The van der Waals surface area contributed by atoms with E-state index in [4.69, 9.17) is 4.74 Å². The third-order valence-electron chi connectivity index (χ3n) is 2.80. The maximum Gasteiger partial charge on any atom is 0.308 e. The molecule has 5 nitrogen and oxygen atoms in total. The number of aliphatic hydroxyl groups excluding tert-OH is 2. The van der Waals surface area contributed by atoms with Crippen LogP contribution in [0.5, 0.6) is 0 Å². The normalized spacial score (nSPS) is 13.7. The van der Waals surface area contributed by atoms with Crippen LogP contribution in [0.2, 0.25) is 0 Å². The number of nitrogens with zero attached hydrogens (tertiary/aromatic N) is 1. The van der Waals surface area contributed by atoms with Gasteiger partial charge < -0.3 is 19.8 Å². The summed E-state index contributed by atoms with van der Waals surface area (Å²) in [6.45, 7) is 1.96. The number of anilines is 1. The molecule has 0 aliphatic rings. The lowest BCUT2D eigenvalue weighted by Crippen LogP contribution is -2.23. The molecule has 1 rings (SSSR count). The maximum atomic E-state index is 11.2. The first-order chi connectivity index (χ1) is 8.95. The summed E-state index contributed by atoms with van der Waals surface area (Å²) in [4.78, 5) is 13.2. The van der Waals surface area contributed by atoms with E-state index in [0.29, 0.717) is 5.56 Å². The Balaban J connectivity index is 2.65. The van der Waals surface area contributed by atoms with E-state index < -0.39 is 18.2 Å². The predicted octanol–water partition coefficient (Wildman–Crippen LogP) is 1.10. The first-order valence-corrected chi connectivity index (χ1v) is 6.24. The zero-order valence-corrected chi connectivity index (χ0v) is 11.5. The SMILES string of the molecule is CCOC(=O)CC(O)C(O)c1ccc(N(C)C)cc1. The van der Waals surface area contributed by atoms with E-state index in [-0.39, 0.29) is 13.0 Å². The van der Waals surface area contributed by atoms with E-state index >= 15 is 0 Å². The average molecular weight is 267 g/mol. The average Bonchev–Trinajstić information content (AvgIpc) is 2.38. The van der Waals surface area contributed by atoms with Crippen molar-refractivity contribution in [3.8, 4) is 0 Å². The van der Waals surface area contributed by atoms with Gasteiger partial charge in [-0.2, -0.15) is 0 Å². The fourth-order valence-electron chi connectivity index (χ4n) is 1.69. The lowest BCUT2D eigenvalue weighted by molar-refractivity contribution is -0.147. The van der Waals surface area contributed by atoms with Crippen LogP contribution in [0.3, 0.4) is 0 Å². The molecular formula is C14H21NO4. The molecule has 0 spiro atoms. The van der Waals surface area contributed by atoms with E-state index in [0.717, 1.165) is 5.69 Å². The second-order valence-corrected chi connectivity index (χ2v) is 4.51. The van der Waals surface area contributed by atoms with Crippen LogP contribution in [-0.4, -0.2) is 43.0 Å². The third kappa shape index (κ3) is 4.54. The van der Waals surface area contributed by atoms with Gasteiger partial charge in [-0.1, -0.05) is 12.1 Å². The lowest BCUT2D eigenvalue weighted by atomic mass is 10.0. The summed E-state index contributed by atoms with van der Waals surface area (Å²) in [6.07, 6.45) is -2.48. The first-order valence-electron chi connectivity index (χ1n) is 6.24. The number of carbonyl (C=O) groups excluding carboxylic acids is 1. The van der Waals surface area contributed by atoms with Crippen molar-refractivity contribution in [3.63, 3.8) is 0 Å². The van der Waals surface area contributed by atoms with E-state index in [1.54, 1.807) is 19.1 Å². The Hall–Kier alpha value is -1.59. The zero-order valence-electron chi connectivity index (χ0n) is 11.5. The summed E-state index contributed by atoms with van der Waals surface area (Å²) in [5, 5.41) is 19.7. The van der Waals surface area contributed by atoms with E-state index in [1.165, 1.54) is 0 Å². The van der Waals surface area contributed by atoms with Crippen molar-refractivity contribution in [2.45, 2.75) is 25.6 Å². The number of esters is 1. The van der Waals surface area contributed by atoms with Gasteiger partial charge in [0.25, 0.3) is 0 Å². The molecule has 0 bridgehead atoms. The molecule has 5 heteroatoms. The van der Waals surface area contributed by atoms with Crippen LogP contribution in [0, 0.1) is 0 Å². The van der Waals surface area contributed by atoms with Crippen LogP contribution >= 0.6 is 0 Å². The highest BCUT2D eigenvalue weighted by molar-refractivity contribution is 5.70. The first kappa shape index (κ1) is 15.5. The van der Waals surface area contributed by atoms with Crippen LogP contribution in [-0.2, 0) is 9.53 Å². The van der Waals surface area contributed by atoms with Crippen molar-refractivity contribution in [2.75, 3.05) is 25.6 Å². The molecule has 0 aliphatic heterocycles. The minimum atomic E-state index is -1.16. The summed E-state index contributed by atoms with van der Waals surface area (Å²) in [6, 6.07) is 7.15. The molecule has 0 saturated heterocycles. The fourth-order valence-corrected chi connectivity index (χ4v) is 1.69. The summed E-state index contributed by atoms with van der Waals surface area (Å²) >= 11 is 0. The number of benzene rings is 1. The molecule has 2 unspecified atom stereocenters. The van der Waals surface area contributed by atoms with Gasteiger partial charge in [0.15, 0.2) is 0 Å². The monoisotopic (exact) mass is 267 g/mol. The summed E-state index contributed by atoms with van der Waals surface area (Å²) in [5.41, 5.74) is 1.57. The second-order valence-electron chi connectivity index (χ2n) is 4.51. The van der Waals surface area contributed by atoms with Gasteiger partial charge in [0, 0.05) is 19.8 Å². The Morgan fingerprint density at radius 3 is 2.32 bits per heavy atom. The van der Waals surface area contributed by atoms with Crippen LogP contribution in [0.1, 0.15) is 25.0 Å². The van der Waals surface area contributed by atoms with Gasteiger partial charge in [-0.3, -0.25) is 4.79 Å². The highest BCUT2D eigenvalue weighted by Gasteiger charge is 2.22. The van der Waals surface area contributed by atoms with Crippen molar-refractivity contribution in [3.05, 3.63) is 29.8 Å². The van der Waals surface area contributed by atoms with Crippen LogP contribution < -0.4 is 4.90 Å². The zero-order chi connectivity index (χ0) is 14.4. The minimum Gasteiger partial charge on any atom is -0.466 e. The van der Waals surface area contributed by atoms with Gasteiger partial charge in [0.1, 0.15) is 6.10 Å². The van der Waals surface area contributed by atoms with E-state index in [1.807, 2.05) is 31.1 Å². The highest BCUT2D eigenvalue weighted by Crippen LogP contribution is 2.22. The van der Waals surface area contributed by atoms with Crippen molar-refractivity contribution < 1.29 is 19.7 Å². The quantitative estimate of drug-likeness (QED) is 0.755. The number of carbonyl (C=O) groups is 1. The Labute approximate surface area is 113 Å². The standard InChI is InChI=1S/C14H21NO4/c1-4-19-13(17)9-12(16)14(18)10-5-7-11(8-6-10)15(2)3/h5-8,12,14,16,18H,4,9H2,1-3H3. The number of rotatable bonds is 6. The predicted molar refractivity (Wildman–Crippen MR) is 73.0 cm³/mol. The molecule has 0 saturated carbocycles. The third-order valence-corrected chi connectivity index (χ3v) is 2.80. The molecule has 106 valence electrons. The van der Waals surface area contributed by atoms with Gasteiger partial charge in [0.05, 0.1) is 19.1 Å². The molecular weight excluding hydrogens is 246 g/mol. The maximum absolute atomic E-state index is 11.2. The van der Waals surface area contributed by atoms with Crippen molar-refractivity contribution in [1.29, 1.82) is 0 Å². The van der Waals surface area contributed by atoms with Gasteiger partial charge >= 0.3 is 5.97 Å². The number of ether oxygens (including phenoxy) is 1. The minimum absolute atomic E-state index is 0.218. The summed E-state index contributed by atoms with van der Waals surface area (Å²) in [7, 11) is 3.84. The molecule has 0 aliphatic carbocycles. The molecule has 0 radical (unpaired) electrons. The second kappa shape index (κ2) is 7.11. The molecule has 0 fully saturated rings. The van der Waals surface area contributed by atoms with E-state index in [2.05, 4.69) is 0 Å². The highest BCUT2D eigenvalue weighted by atomic mass is 16.5. The number of aliphatic hydroxyl groups is 2. The fraction of sp³-hybridized carbons (Fsp3) is 0.500. The van der Waals surface area contributed by atoms with Crippen molar-refractivity contribution in [1.82, 2.24) is 0 Å². The Bertz CT molecular complexity index is 402. The molecule has 0 heterocycles. The Morgan fingerprint density at radius 1 is 1.26 bits per heavy atom. The summed E-state index contributed by atoms with van der Waals surface area (Å²) < 4.78 is 4.73. The topological polar surface area (TPSA) is 70.0 Å². The van der Waals surface area contributed by atoms with Crippen LogP contribution in [0.15, 0.2) is 24.3 Å². The summed E-state index contributed by atoms with van der Waals surface area (Å²) in [5.74, 6) is -0.515. The molecule has 1 aromatic rings. The lowest BCUT2D eigenvalue weighted by Gasteiger charge is -2.19. The number of hydrogen-bond acceptors (Lipinski definition) is 5. The van der Waals surface area contributed by atoms with Gasteiger partial charge in [0.2, 0.25) is 0 Å². The molecule has 2 N–H and O–H groups in total. The largest absolute Gasteiger partial charge is 0.466 e. The van der Waals surface area contributed by atoms with E-state index in [9.17, 15) is 15.0 Å². The molecule has 1 aromatic carbocycles. The Kier molecular flexibility index (Phi) is 5.79. The van der Waals surface area contributed by atoms with Gasteiger partial charge in [-0.15, -0.1) is 0 Å². The molecule has 0 aromatic heterocycles. The van der Waals surface area contributed by atoms with Gasteiger partial charge in [-0.25, -0.2) is 0 Å². The number of hydrogen-bond donors (Lipinski definition) is 2.